The van der Waals surface area contributed by atoms with Gasteiger partial charge in [-0.2, -0.15) is 0 Å². The molecule has 0 atom stereocenters. The van der Waals surface area contributed by atoms with Crippen molar-refractivity contribution in [3.63, 3.8) is 0 Å². The minimum absolute atomic E-state index is 0.0341. The zero-order valence-corrected chi connectivity index (χ0v) is 14.3. The SMILES string of the molecule is Cc1cccc(N2CCN(C(=O)Nc3ccccc3F)CC2=O)c1C. The largest absolute Gasteiger partial charge is 0.322 e. The van der Waals surface area contributed by atoms with E-state index in [4.69, 9.17) is 0 Å². The van der Waals surface area contributed by atoms with Gasteiger partial charge in [-0.05, 0) is 43.2 Å². The molecule has 0 unspecified atom stereocenters. The molecule has 25 heavy (non-hydrogen) atoms. The Kier molecular flexibility index (Phi) is 4.70. The van der Waals surface area contributed by atoms with Gasteiger partial charge in [0.1, 0.15) is 12.4 Å². The van der Waals surface area contributed by atoms with Gasteiger partial charge < -0.3 is 15.1 Å². The van der Waals surface area contributed by atoms with Crippen molar-refractivity contribution in [2.24, 2.45) is 0 Å². The number of halogens is 1. The summed E-state index contributed by atoms with van der Waals surface area (Å²) in [6, 6.07) is 11.3. The maximum atomic E-state index is 13.7. The summed E-state index contributed by atoms with van der Waals surface area (Å²) < 4.78 is 13.7. The van der Waals surface area contributed by atoms with E-state index >= 15 is 0 Å². The van der Waals surface area contributed by atoms with Gasteiger partial charge in [-0.25, -0.2) is 9.18 Å². The third-order valence-electron chi connectivity index (χ3n) is 4.49. The number of para-hydroxylation sites is 1. The Hall–Kier alpha value is -2.89. The van der Waals surface area contributed by atoms with Crippen LogP contribution in [0.3, 0.4) is 0 Å². The van der Waals surface area contributed by atoms with Gasteiger partial charge in [-0.15, -0.1) is 0 Å². The van der Waals surface area contributed by atoms with E-state index in [0.717, 1.165) is 16.8 Å². The van der Waals surface area contributed by atoms with Crippen molar-refractivity contribution < 1.29 is 14.0 Å². The summed E-state index contributed by atoms with van der Waals surface area (Å²) in [6.45, 7) is 4.75. The molecule has 1 heterocycles. The molecule has 1 saturated heterocycles. The van der Waals surface area contributed by atoms with Crippen LogP contribution in [-0.2, 0) is 4.79 Å². The van der Waals surface area contributed by atoms with Crippen molar-refractivity contribution >= 4 is 23.3 Å². The summed E-state index contributed by atoms with van der Waals surface area (Å²) in [5.41, 5.74) is 3.15. The highest BCUT2D eigenvalue weighted by atomic mass is 19.1. The average molecular weight is 341 g/mol. The summed E-state index contributed by atoms with van der Waals surface area (Å²) in [4.78, 5) is 27.9. The highest BCUT2D eigenvalue weighted by Crippen LogP contribution is 2.24. The molecule has 0 radical (unpaired) electrons. The fourth-order valence-corrected chi connectivity index (χ4v) is 2.89. The number of benzene rings is 2. The molecule has 5 nitrogen and oxygen atoms in total. The topological polar surface area (TPSA) is 52.6 Å². The van der Waals surface area contributed by atoms with E-state index in [1.807, 2.05) is 32.0 Å². The Morgan fingerprint density at radius 1 is 1.08 bits per heavy atom. The van der Waals surface area contributed by atoms with Crippen molar-refractivity contribution in [3.8, 4) is 0 Å². The van der Waals surface area contributed by atoms with Crippen LogP contribution >= 0.6 is 0 Å². The van der Waals surface area contributed by atoms with Crippen molar-refractivity contribution in [3.05, 3.63) is 59.4 Å². The smallest absolute Gasteiger partial charge is 0.313 e. The second-order valence-electron chi connectivity index (χ2n) is 6.10. The molecular formula is C19H20FN3O2. The lowest BCUT2D eigenvalue weighted by Gasteiger charge is -2.35. The van der Waals surface area contributed by atoms with E-state index in [1.54, 1.807) is 17.0 Å². The van der Waals surface area contributed by atoms with E-state index in [-0.39, 0.29) is 18.1 Å². The minimum Gasteiger partial charge on any atom is -0.313 e. The summed E-state index contributed by atoms with van der Waals surface area (Å²) in [6.07, 6.45) is 0. The fourth-order valence-electron chi connectivity index (χ4n) is 2.89. The van der Waals surface area contributed by atoms with E-state index in [9.17, 15) is 14.0 Å². The number of hydrogen-bond donors (Lipinski definition) is 1. The Balaban J connectivity index is 1.69. The van der Waals surface area contributed by atoms with Crippen molar-refractivity contribution in [2.75, 3.05) is 29.9 Å². The number of urea groups is 1. The molecule has 6 heteroatoms. The summed E-state index contributed by atoms with van der Waals surface area (Å²) >= 11 is 0. The average Bonchev–Trinajstić information content (AvgIpc) is 2.59. The summed E-state index contributed by atoms with van der Waals surface area (Å²) in [7, 11) is 0. The van der Waals surface area contributed by atoms with Crippen LogP contribution in [0.4, 0.5) is 20.6 Å². The number of nitrogens with zero attached hydrogens (tertiary/aromatic N) is 2. The highest BCUT2D eigenvalue weighted by molar-refractivity contribution is 6.00. The van der Waals surface area contributed by atoms with Crippen LogP contribution in [0.25, 0.3) is 0 Å². The molecule has 0 saturated carbocycles. The molecular weight excluding hydrogens is 321 g/mol. The molecule has 1 aliphatic rings. The lowest BCUT2D eigenvalue weighted by molar-refractivity contribution is -0.120. The molecule has 0 spiro atoms. The van der Waals surface area contributed by atoms with E-state index < -0.39 is 11.8 Å². The zero-order chi connectivity index (χ0) is 18.0. The minimum atomic E-state index is -0.504. The number of aryl methyl sites for hydroxylation is 1. The molecule has 2 aromatic carbocycles. The Morgan fingerprint density at radius 2 is 1.84 bits per heavy atom. The number of carbonyl (C=O) groups is 2. The molecule has 1 fully saturated rings. The number of hydrogen-bond acceptors (Lipinski definition) is 2. The molecule has 2 aromatic rings. The maximum absolute atomic E-state index is 13.7. The van der Waals surface area contributed by atoms with Crippen LogP contribution in [0.2, 0.25) is 0 Å². The first-order chi connectivity index (χ1) is 12.0. The first-order valence-corrected chi connectivity index (χ1v) is 8.14. The third kappa shape index (κ3) is 3.47. The van der Waals surface area contributed by atoms with Gasteiger partial charge in [-0.3, -0.25) is 4.79 Å². The third-order valence-corrected chi connectivity index (χ3v) is 4.49. The number of piperazine rings is 1. The fraction of sp³-hybridized carbons (Fsp3) is 0.263. The number of carbonyl (C=O) groups excluding carboxylic acids is 2. The predicted octanol–water partition coefficient (Wildman–Crippen LogP) is 3.32. The summed E-state index contributed by atoms with van der Waals surface area (Å²) in [5, 5.41) is 2.52. The van der Waals surface area contributed by atoms with Crippen LogP contribution in [0.15, 0.2) is 42.5 Å². The molecule has 1 N–H and O–H groups in total. The van der Waals surface area contributed by atoms with Crippen LogP contribution in [0.1, 0.15) is 11.1 Å². The van der Waals surface area contributed by atoms with Crippen LogP contribution < -0.4 is 10.2 Å². The predicted molar refractivity (Wildman–Crippen MR) is 95.3 cm³/mol. The lowest BCUT2D eigenvalue weighted by atomic mass is 10.1. The first kappa shape index (κ1) is 17.0. The maximum Gasteiger partial charge on any atom is 0.322 e. The quantitative estimate of drug-likeness (QED) is 0.911. The van der Waals surface area contributed by atoms with Crippen LogP contribution in [0.5, 0.6) is 0 Å². The molecule has 3 rings (SSSR count). The molecule has 130 valence electrons. The van der Waals surface area contributed by atoms with Gasteiger partial charge in [0.2, 0.25) is 5.91 Å². The van der Waals surface area contributed by atoms with Gasteiger partial charge in [0, 0.05) is 18.8 Å². The van der Waals surface area contributed by atoms with E-state index in [1.165, 1.54) is 17.0 Å². The van der Waals surface area contributed by atoms with Crippen LogP contribution in [0, 0.1) is 19.7 Å². The second kappa shape index (κ2) is 6.93. The second-order valence-corrected chi connectivity index (χ2v) is 6.10. The molecule has 0 bridgehead atoms. The van der Waals surface area contributed by atoms with Gasteiger partial charge in [0.15, 0.2) is 0 Å². The Labute approximate surface area is 146 Å². The standard InChI is InChI=1S/C19H20FN3O2/c1-13-6-5-9-17(14(13)2)23-11-10-22(12-18(23)24)19(25)21-16-8-4-3-7-15(16)20/h3-9H,10-12H2,1-2H3,(H,21,25). The zero-order valence-electron chi connectivity index (χ0n) is 14.3. The molecule has 3 amide bonds. The number of rotatable bonds is 2. The Bertz CT molecular complexity index is 822. The number of nitrogens with one attached hydrogen (secondary N) is 1. The molecule has 0 aliphatic carbocycles. The van der Waals surface area contributed by atoms with Crippen molar-refractivity contribution in [1.29, 1.82) is 0 Å². The van der Waals surface area contributed by atoms with Gasteiger partial charge >= 0.3 is 6.03 Å². The van der Waals surface area contributed by atoms with Gasteiger partial charge in [0.05, 0.1) is 5.69 Å². The number of anilines is 2. The number of amides is 3. The monoisotopic (exact) mass is 341 g/mol. The van der Waals surface area contributed by atoms with E-state index in [2.05, 4.69) is 5.32 Å². The first-order valence-electron chi connectivity index (χ1n) is 8.14. The van der Waals surface area contributed by atoms with Crippen molar-refractivity contribution in [1.82, 2.24) is 4.90 Å². The van der Waals surface area contributed by atoms with Gasteiger partial charge in [-0.1, -0.05) is 24.3 Å². The van der Waals surface area contributed by atoms with Gasteiger partial charge in [0.25, 0.3) is 0 Å². The Morgan fingerprint density at radius 3 is 2.56 bits per heavy atom. The normalized spacial score (nSPS) is 14.6. The molecule has 1 aliphatic heterocycles. The molecule has 0 aromatic heterocycles. The van der Waals surface area contributed by atoms with Crippen LogP contribution in [-0.4, -0.2) is 36.5 Å². The lowest BCUT2D eigenvalue weighted by Crippen LogP contribution is -2.53. The van der Waals surface area contributed by atoms with Crippen molar-refractivity contribution in [2.45, 2.75) is 13.8 Å². The van der Waals surface area contributed by atoms with E-state index in [0.29, 0.717) is 13.1 Å². The highest BCUT2D eigenvalue weighted by Gasteiger charge is 2.29. The summed E-state index contributed by atoms with van der Waals surface area (Å²) in [5.74, 6) is -0.653.